The lowest BCUT2D eigenvalue weighted by Crippen LogP contribution is -2.52. The minimum absolute atomic E-state index is 0.0128. The van der Waals surface area contributed by atoms with Crippen LogP contribution < -0.4 is 51.0 Å². The number of ether oxygens (including phenoxy) is 2. The number of halogens is 2. The average molecular weight is 1570 g/mol. The van der Waals surface area contributed by atoms with Gasteiger partial charge in [-0.05, 0) is 143 Å². The molecule has 14 aromatic rings. The van der Waals surface area contributed by atoms with Gasteiger partial charge >= 0.3 is 0 Å². The van der Waals surface area contributed by atoms with Gasteiger partial charge in [-0.3, -0.25) is 0 Å². The van der Waals surface area contributed by atoms with Crippen LogP contribution in [0.15, 0.2) is 243 Å². The standard InChI is InChI=1S/C101H112F2N2O4Si4/c1-66-52-70(102)58-86(84-54-68(100(9,10)64-98(3,4)5)56-92(94(84)106)104-88-60-76(110(13,14)72-34-25-21-26-35-72)42-46-80(88)81-47-43-77(61-89(81)104)111(15,16)73-36-27-22-28-37-73)96(66)108-50-33-51-109-97-67(2)53-71(103)59-87(97)85-55-69(101(11,12)65-99(6,7)8)57-93(95(85)107)105-90-62-78(112(17,18)74-38-29-23-30-39-74)44-48-82(90)83-49-45-79(63-91(83)105)113(19,20)75-40-31-24-32-41-75/h21-32,34-49,52-63,106-107H,33,50-51,64-65H2,1-20H3. The Kier molecular flexibility index (Phi) is 21.1. The lowest BCUT2D eigenvalue weighted by molar-refractivity contribution is 0.246. The normalized spacial score (nSPS) is 12.9. The summed E-state index contributed by atoms with van der Waals surface area (Å²) >= 11 is 0. The predicted molar refractivity (Wildman–Crippen MR) is 488 cm³/mol. The lowest BCUT2D eigenvalue weighted by atomic mass is 9.71. The Hall–Kier alpha value is -9.83. The summed E-state index contributed by atoms with van der Waals surface area (Å²) in [6, 6.07) is 85.7. The van der Waals surface area contributed by atoms with Crippen molar-refractivity contribution in [3.05, 3.63) is 277 Å². The van der Waals surface area contributed by atoms with Crippen molar-refractivity contribution in [1.29, 1.82) is 0 Å². The molecule has 0 aliphatic rings. The van der Waals surface area contributed by atoms with Gasteiger partial charge < -0.3 is 28.8 Å². The van der Waals surface area contributed by atoms with Gasteiger partial charge in [0.2, 0.25) is 0 Å². The van der Waals surface area contributed by atoms with Crippen molar-refractivity contribution in [2.24, 2.45) is 10.8 Å². The molecule has 0 saturated heterocycles. The van der Waals surface area contributed by atoms with Gasteiger partial charge in [-0.1, -0.05) is 333 Å². The van der Waals surface area contributed by atoms with Crippen LogP contribution in [0.2, 0.25) is 52.4 Å². The van der Waals surface area contributed by atoms with Crippen LogP contribution in [0.25, 0.3) is 77.2 Å². The summed E-state index contributed by atoms with van der Waals surface area (Å²) in [4.78, 5) is 0. The molecule has 0 fully saturated rings. The van der Waals surface area contributed by atoms with Crippen molar-refractivity contribution in [2.75, 3.05) is 13.2 Å². The first-order chi connectivity index (χ1) is 53.2. The molecule has 0 unspecified atom stereocenters. The number of aromatic nitrogens is 2. The van der Waals surface area contributed by atoms with Gasteiger partial charge in [0.1, 0.15) is 66.9 Å². The van der Waals surface area contributed by atoms with Crippen LogP contribution in [0, 0.1) is 36.3 Å². The third kappa shape index (κ3) is 15.4. The first-order valence-electron chi connectivity index (χ1n) is 40.3. The van der Waals surface area contributed by atoms with Crippen molar-refractivity contribution in [3.63, 3.8) is 0 Å². The molecular weight excluding hydrogens is 1460 g/mol. The zero-order valence-electron chi connectivity index (χ0n) is 70.0. The number of aryl methyl sites for hydroxylation is 2. The van der Waals surface area contributed by atoms with Crippen molar-refractivity contribution >= 4 is 117 Å². The minimum Gasteiger partial charge on any atom is -0.505 e. The first kappa shape index (κ1) is 79.8. The molecule has 0 bridgehead atoms. The van der Waals surface area contributed by atoms with Crippen LogP contribution in [-0.4, -0.2) is 64.9 Å². The first-order valence-corrected chi connectivity index (χ1v) is 52.3. The molecule has 113 heavy (non-hydrogen) atoms. The number of phenolic OH excluding ortho intramolecular Hbond substituents is 2. The molecule has 0 saturated carbocycles. The van der Waals surface area contributed by atoms with E-state index in [0.717, 1.165) is 67.6 Å². The van der Waals surface area contributed by atoms with Gasteiger partial charge in [-0.25, -0.2) is 8.78 Å². The molecule has 6 nitrogen and oxygen atoms in total. The summed E-state index contributed by atoms with van der Waals surface area (Å²) in [6.07, 6.45) is 2.00. The Labute approximate surface area is 673 Å². The van der Waals surface area contributed by atoms with Crippen molar-refractivity contribution in [2.45, 2.75) is 166 Å². The molecule has 0 amide bonds. The summed E-state index contributed by atoms with van der Waals surface area (Å²) in [5, 5.41) is 42.1. The van der Waals surface area contributed by atoms with Crippen LogP contribution in [0.4, 0.5) is 8.78 Å². The molecular formula is C101H112F2N2O4Si4. The molecule has 12 heteroatoms. The fourth-order valence-corrected chi connectivity index (χ4v) is 27.9. The molecule has 0 aliphatic carbocycles. The molecule has 2 N–H and O–H groups in total. The zero-order valence-corrected chi connectivity index (χ0v) is 74.0. The van der Waals surface area contributed by atoms with Crippen molar-refractivity contribution in [1.82, 2.24) is 9.13 Å². The molecule has 0 radical (unpaired) electrons. The Balaban J connectivity index is 0.877. The molecule has 580 valence electrons. The Morgan fingerprint density at radius 3 is 0.841 bits per heavy atom. The van der Waals surface area contributed by atoms with Crippen molar-refractivity contribution < 1.29 is 28.5 Å². The molecule has 0 atom stereocenters. The van der Waals surface area contributed by atoms with E-state index < -0.39 is 54.8 Å². The number of fused-ring (bicyclic) bond motifs is 6. The fourth-order valence-electron chi connectivity index (χ4n) is 18.5. The predicted octanol–water partition coefficient (Wildman–Crippen LogP) is 22.1. The number of phenols is 2. The molecule has 12 aromatic carbocycles. The number of nitrogens with zero attached hydrogens (tertiary/aromatic N) is 2. The Morgan fingerprint density at radius 2 is 0.584 bits per heavy atom. The number of hydrogen-bond acceptors (Lipinski definition) is 4. The maximum atomic E-state index is 16.7. The van der Waals surface area contributed by atoms with E-state index in [1.165, 1.54) is 65.8 Å². The average Bonchev–Trinajstić information content (AvgIpc) is 1.50. The number of rotatable bonds is 22. The highest BCUT2D eigenvalue weighted by Gasteiger charge is 2.37. The van der Waals surface area contributed by atoms with Crippen LogP contribution >= 0.6 is 0 Å². The van der Waals surface area contributed by atoms with Gasteiger partial charge in [-0.15, -0.1) is 0 Å². The highest BCUT2D eigenvalue weighted by Crippen LogP contribution is 2.51. The van der Waals surface area contributed by atoms with Gasteiger partial charge in [0.05, 0.1) is 46.7 Å². The third-order valence-corrected chi connectivity index (χ3v) is 38.5. The van der Waals surface area contributed by atoms with Gasteiger partial charge in [0.15, 0.2) is 0 Å². The summed E-state index contributed by atoms with van der Waals surface area (Å²) in [5.74, 6) is 0.0180. The SMILES string of the molecule is Cc1cc(F)cc(-c2cc(C(C)(C)CC(C)(C)C)cc(-n3c4cc([Si](C)(C)c5ccccc5)ccc4c4ccc([Si](C)(C)c5ccccc5)cc43)c2O)c1OCCCOc1c(C)cc(F)cc1-c1cc(C(C)(C)CC(C)(C)C)cc(-n2c3cc([Si](C)(C)c4ccccc4)ccc3c3ccc([Si](C)(C)c4ccccc4)cc32)c1O. The second-order valence-electron chi connectivity index (χ2n) is 37.8. The van der Waals surface area contributed by atoms with E-state index in [9.17, 15) is 10.2 Å². The van der Waals surface area contributed by atoms with E-state index >= 15 is 8.78 Å². The smallest absolute Gasteiger partial charge is 0.147 e. The Bertz CT molecular complexity index is 5360. The Morgan fingerprint density at radius 1 is 0.319 bits per heavy atom. The van der Waals surface area contributed by atoms with E-state index in [1.54, 1.807) is 0 Å². The highest BCUT2D eigenvalue weighted by atomic mass is 28.3. The molecule has 0 aliphatic heterocycles. The second kappa shape index (κ2) is 29.8. The minimum atomic E-state index is -2.29. The van der Waals surface area contributed by atoms with E-state index in [0.29, 0.717) is 62.7 Å². The van der Waals surface area contributed by atoms with E-state index in [2.05, 4.69) is 349 Å². The van der Waals surface area contributed by atoms with Gasteiger partial charge in [-0.2, -0.15) is 0 Å². The topological polar surface area (TPSA) is 68.8 Å². The van der Waals surface area contributed by atoms with Crippen LogP contribution in [-0.2, 0) is 10.8 Å². The van der Waals surface area contributed by atoms with Crippen molar-refractivity contribution in [3.8, 4) is 56.6 Å². The maximum absolute atomic E-state index is 16.7. The highest BCUT2D eigenvalue weighted by molar-refractivity contribution is 7.02. The molecule has 14 rings (SSSR count). The van der Waals surface area contributed by atoms with E-state index in [1.807, 2.05) is 13.8 Å². The number of benzene rings is 12. The van der Waals surface area contributed by atoms with E-state index in [4.69, 9.17) is 9.47 Å². The quantitative estimate of drug-likeness (QED) is 0.0524. The van der Waals surface area contributed by atoms with Crippen LogP contribution in [0.1, 0.15) is 111 Å². The number of hydrogen-bond donors (Lipinski definition) is 2. The molecule has 2 heterocycles. The molecule has 2 aromatic heterocycles. The lowest BCUT2D eigenvalue weighted by Gasteiger charge is -2.34. The molecule has 0 spiro atoms. The summed E-state index contributed by atoms with van der Waals surface area (Å²) in [5.41, 5.74) is 9.05. The van der Waals surface area contributed by atoms with Crippen LogP contribution in [0.3, 0.4) is 0 Å². The van der Waals surface area contributed by atoms with Gasteiger partial charge in [0, 0.05) is 50.2 Å². The number of aromatic hydroxyl groups is 2. The maximum Gasteiger partial charge on any atom is 0.147 e. The summed E-state index contributed by atoms with van der Waals surface area (Å²) in [7, 11) is -9.16. The second-order valence-corrected chi connectivity index (χ2v) is 55.5. The van der Waals surface area contributed by atoms with Crippen LogP contribution in [0.5, 0.6) is 23.0 Å². The zero-order chi connectivity index (χ0) is 80.9. The van der Waals surface area contributed by atoms with E-state index in [-0.39, 0.29) is 35.5 Å². The summed E-state index contributed by atoms with van der Waals surface area (Å²) in [6.45, 7) is 46.0. The van der Waals surface area contributed by atoms with Gasteiger partial charge in [0.25, 0.3) is 0 Å². The fraction of sp³-hybridized carbons (Fsp3) is 0.287. The largest absolute Gasteiger partial charge is 0.505 e. The monoisotopic (exact) mass is 1570 g/mol. The summed E-state index contributed by atoms with van der Waals surface area (Å²) < 4.78 is 52.0. The third-order valence-electron chi connectivity index (χ3n) is 24.4.